The van der Waals surface area contributed by atoms with Crippen molar-refractivity contribution in [1.29, 1.82) is 0 Å². The van der Waals surface area contributed by atoms with Gasteiger partial charge >= 0.3 is 12.0 Å². The van der Waals surface area contributed by atoms with Crippen molar-refractivity contribution in [2.45, 2.75) is 43.0 Å². The molecule has 8 nitrogen and oxygen atoms in total. The standard InChI is InChI=1S/C33H32N2O6S/c36-20-23-6-8-24(9-7-23)30-18-28(21-42-29-16-12-25(13-17-29)31(37)38)40-32(41-30)26-10-14-27(15-11-26)35-33(39)34-19-22-4-2-1-3-5-22/h1-17,28,30,32,36H,18-21H2,(H,37,38)(H2,34,35,39)/t28-,30+,32+/m1/s1. The predicted octanol–water partition coefficient (Wildman–Crippen LogP) is 6.54. The molecular weight excluding hydrogens is 552 g/mol. The van der Waals surface area contributed by atoms with Crippen LogP contribution in [0, 0.1) is 0 Å². The topological polar surface area (TPSA) is 117 Å². The number of hydrogen-bond acceptors (Lipinski definition) is 6. The van der Waals surface area contributed by atoms with Gasteiger partial charge in [0.05, 0.1) is 24.4 Å². The van der Waals surface area contributed by atoms with E-state index in [-0.39, 0.29) is 30.4 Å². The van der Waals surface area contributed by atoms with Crippen LogP contribution in [0.25, 0.3) is 0 Å². The quantitative estimate of drug-likeness (QED) is 0.157. The van der Waals surface area contributed by atoms with E-state index in [0.29, 0.717) is 24.4 Å². The first-order valence-electron chi connectivity index (χ1n) is 13.6. The van der Waals surface area contributed by atoms with E-state index in [0.717, 1.165) is 27.1 Å². The lowest BCUT2D eigenvalue weighted by molar-refractivity contribution is -0.245. The van der Waals surface area contributed by atoms with Gasteiger partial charge in [-0.15, -0.1) is 11.8 Å². The molecule has 42 heavy (non-hydrogen) atoms. The molecule has 0 unspecified atom stereocenters. The molecule has 4 N–H and O–H groups in total. The molecule has 1 aliphatic heterocycles. The second-order valence-electron chi connectivity index (χ2n) is 9.91. The average molecular weight is 585 g/mol. The number of thioether (sulfide) groups is 1. The maximum absolute atomic E-state index is 12.4. The zero-order valence-corrected chi connectivity index (χ0v) is 23.6. The third kappa shape index (κ3) is 7.98. The van der Waals surface area contributed by atoms with Gasteiger partial charge in [-0.1, -0.05) is 66.7 Å². The minimum absolute atomic E-state index is 0.0257. The summed E-state index contributed by atoms with van der Waals surface area (Å²) in [5.74, 6) is -0.301. The third-order valence-electron chi connectivity index (χ3n) is 6.89. The van der Waals surface area contributed by atoms with E-state index in [1.165, 1.54) is 0 Å². The van der Waals surface area contributed by atoms with Crippen LogP contribution < -0.4 is 10.6 Å². The maximum Gasteiger partial charge on any atom is 0.335 e. The summed E-state index contributed by atoms with van der Waals surface area (Å²) in [6, 6.07) is 31.3. The van der Waals surface area contributed by atoms with E-state index in [1.54, 1.807) is 36.0 Å². The van der Waals surface area contributed by atoms with Gasteiger partial charge in [0.25, 0.3) is 0 Å². The Morgan fingerprint density at radius 3 is 2.17 bits per heavy atom. The molecule has 0 aromatic heterocycles. The number of nitrogens with one attached hydrogen (secondary N) is 2. The number of carboxylic acid groups (broad SMARTS) is 1. The Labute approximate surface area is 248 Å². The summed E-state index contributed by atoms with van der Waals surface area (Å²) in [5.41, 5.74) is 4.56. The summed E-state index contributed by atoms with van der Waals surface area (Å²) in [7, 11) is 0. The molecule has 0 bridgehead atoms. The maximum atomic E-state index is 12.4. The van der Waals surface area contributed by atoms with Gasteiger partial charge in [-0.25, -0.2) is 9.59 Å². The van der Waals surface area contributed by atoms with Crippen molar-refractivity contribution in [2.75, 3.05) is 11.1 Å². The van der Waals surface area contributed by atoms with E-state index in [9.17, 15) is 14.7 Å². The number of aliphatic hydroxyl groups excluding tert-OH is 1. The zero-order valence-electron chi connectivity index (χ0n) is 22.8. The molecule has 4 aromatic rings. The first-order valence-corrected chi connectivity index (χ1v) is 14.6. The number of aromatic carboxylic acids is 1. The molecule has 2 amide bonds. The van der Waals surface area contributed by atoms with Crippen molar-refractivity contribution < 1.29 is 29.3 Å². The van der Waals surface area contributed by atoms with E-state index in [1.807, 2.05) is 78.9 Å². The molecule has 1 fully saturated rings. The molecule has 0 aliphatic carbocycles. The molecule has 1 saturated heterocycles. The number of anilines is 1. The Morgan fingerprint density at radius 2 is 1.50 bits per heavy atom. The summed E-state index contributed by atoms with van der Waals surface area (Å²) in [6.45, 7) is 0.403. The fourth-order valence-corrected chi connectivity index (χ4v) is 5.50. The summed E-state index contributed by atoms with van der Waals surface area (Å²) < 4.78 is 12.8. The van der Waals surface area contributed by atoms with Crippen LogP contribution in [0.1, 0.15) is 51.4 Å². The smallest absolute Gasteiger partial charge is 0.335 e. The number of aliphatic hydroxyl groups is 1. The summed E-state index contributed by atoms with van der Waals surface area (Å²) >= 11 is 1.60. The lowest BCUT2D eigenvalue weighted by Gasteiger charge is -2.36. The highest BCUT2D eigenvalue weighted by Crippen LogP contribution is 2.39. The Kier molecular flexibility index (Phi) is 9.89. The van der Waals surface area contributed by atoms with Gasteiger partial charge in [0.15, 0.2) is 6.29 Å². The molecule has 0 radical (unpaired) electrons. The summed E-state index contributed by atoms with van der Waals surface area (Å²) in [5, 5.41) is 24.3. The fourth-order valence-electron chi connectivity index (χ4n) is 4.58. The SMILES string of the molecule is O=C(NCc1ccccc1)Nc1ccc([C@H]2O[C@@H](CSc3ccc(C(=O)O)cc3)C[C@@H](c3ccc(CO)cc3)O2)cc1. The van der Waals surface area contributed by atoms with Gasteiger partial charge in [0.1, 0.15) is 0 Å². The van der Waals surface area contributed by atoms with Crippen LogP contribution in [-0.2, 0) is 22.6 Å². The molecule has 9 heteroatoms. The molecule has 1 aliphatic rings. The third-order valence-corrected chi connectivity index (χ3v) is 8.03. The minimum atomic E-state index is -0.953. The molecule has 0 saturated carbocycles. The van der Waals surface area contributed by atoms with Crippen LogP contribution in [0.15, 0.2) is 108 Å². The Bertz CT molecular complexity index is 1460. The number of urea groups is 1. The Hall–Kier alpha value is -4.15. The van der Waals surface area contributed by atoms with Gasteiger partial charge in [0, 0.05) is 34.9 Å². The Morgan fingerprint density at radius 1 is 0.810 bits per heavy atom. The molecule has 0 spiro atoms. The van der Waals surface area contributed by atoms with E-state index in [4.69, 9.17) is 14.6 Å². The van der Waals surface area contributed by atoms with Crippen molar-refractivity contribution >= 4 is 29.4 Å². The average Bonchev–Trinajstić information content (AvgIpc) is 3.04. The van der Waals surface area contributed by atoms with Crippen molar-refractivity contribution in [3.63, 3.8) is 0 Å². The van der Waals surface area contributed by atoms with Gasteiger partial charge in [-0.3, -0.25) is 0 Å². The lowest BCUT2D eigenvalue weighted by atomic mass is 10.0. The fraction of sp³-hybridized carbons (Fsp3) is 0.212. The first-order chi connectivity index (χ1) is 20.5. The summed E-state index contributed by atoms with van der Waals surface area (Å²) in [4.78, 5) is 24.5. The number of amides is 2. The first kappa shape index (κ1) is 29.3. The number of carbonyl (C=O) groups excluding carboxylic acids is 1. The Balaban J connectivity index is 1.25. The highest BCUT2D eigenvalue weighted by Gasteiger charge is 2.32. The molecular formula is C33H32N2O6S. The monoisotopic (exact) mass is 584 g/mol. The van der Waals surface area contributed by atoms with E-state index < -0.39 is 12.3 Å². The molecule has 4 aromatic carbocycles. The highest BCUT2D eigenvalue weighted by molar-refractivity contribution is 7.99. The van der Waals surface area contributed by atoms with E-state index >= 15 is 0 Å². The number of ether oxygens (including phenoxy) is 2. The summed E-state index contributed by atoms with van der Waals surface area (Å²) in [6.07, 6.45) is -0.353. The zero-order chi connectivity index (χ0) is 29.3. The van der Waals surface area contributed by atoms with Crippen LogP contribution >= 0.6 is 11.8 Å². The number of carbonyl (C=O) groups is 2. The van der Waals surface area contributed by atoms with Gasteiger partial charge in [0.2, 0.25) is 0 Å². The molecule has 5 rings (SSSR count). The second kappa shape index (κ2) is 14.2. The van der Waals surface area contributed by atoms with Gasteiger partial charge in [-0.2, -0.15) is 0 Å². The highest BCUT2D eigenvalue weighted by atomic mass is 32.2. The predicted molar refractivity (Wildman–Crippen MR) is 161 cm³/mol. The minimum Gasteiger partial charge on any atom is -0.478 e. The van der Waals surface area contributed by atoms with Crippen molar-refractivity contribution in [2.24, 2.45) is 0 Å². The van der Waals surface area contributed by atoms with Crippen LogP contribution in [0.2, 0.25) is 0 Å². The van der Waals surface area contributed by atoms with Crippen molar-refractivity contribution in [3.8, 4) is 0 Å². The largest absolute Gasteiger partial charge is 0.478 e. The van der Waals surface area contributed by atoms with Crippen LogP contribution in [0.4, 0.5) is 10.5 Å². The normalized spacial score (nSPS) is 18.3. The number of hydrogen-bond donors (Lipinski definition) is 4. The molecule has 216 valence electrons. The van der Waals surface area contributed by atoms with Gasteiger partial charge < -0.3 is 30.3 Å². The lowest BCUT2D eigenvalue weighted by Crippen LogP contribution is -2.31. The van der Waals surface area contributed by atoms with Gasteiger partial charge in [-0.05, 0) is 53.1 Å². The number of carboxylic acids is 1. The second-order valence-corrected chi connectivity index (χ2v) is 11.0. The number of rotatable bonds is 10. The van der Waals surface area contributed by atoms with Crippen LogP contribution in [-0.4, -0.2) is 34.1 Å². The van der Waals surface area contributed by atoms with Crippen molar-refractivity contribution in [3.05, 3.63) is 131 Å². The van der Waals surface area contributed by atoms with Crippen molar-refractivity contribution in [1.82, 2.24) is 5.32 Å². The number of benzene rings is 4. The molecule has 3 atom stereocenters. The molecule has 1 heterocycles. The van der Waals surface area contributed by atoms with Crippen LogP contribution in [0.3, 0.4) is 0 Å². The van der Waals surface area contributed by atoms with E-state index in [2.05, 4.69) is 10.6 Å². The van der Waals surface area contributed by atoms with Crippen LogP contribution in [0.5, 0.6) is 0 Å².